The number of hydrogen-bond donors (Lipinski definition) is 1. The minimum Gasteiger partial charge on any atom is -0.390 e. The predicted molar refractivity (Wildman–Crippen MR) is 43.9 cm³/mol. The molecule has 0 spiro atoms. The molecule has 12 heavy (non-hydrogen) atoms. The average molecular weight is 168 g/mol. The Morgan fingerprint density at radius 1 is 1.50 bits per heavy atom. The molecule has 65 valence electrons. The van der Waals surface area contributed by atoms with E-state index < -0.39 is 11.5 Å². The van der Waals surface area contributed by atoms with Crippen LogP contribution in [0.2, 0.25) is 0 Å². The Kier molecular flexibility index (Phi) is 2.43. The maximum Gasteiger partial charge on any atom is 0.212 e. The van der Waals surface area contributed by atoms with Gasteiger partial charge in [0.25, 0.3) is 0 Å². The number of nitrogens with zero attached hydrogens (tertiary/aromatic N) is 1. The largest absolute Gasteiger partial charge is 0.390 e. The van der Waals surface area contributed by atoms with E-state index in [9.17, 15) is 9.50 Å². The van der Waals surface area contributed by atoms with Crippen molar-refractivity contribution in [2.24, 2.45) is 0 Å². The summed E-state index contributed by atoms with van der Waals surface area (Å²) in [5.41, 5.74) is -0.177. The summed E-state index contributed by atoms with van der Waals surface area (Å²) in [5.74, 6) is -0.511. The first-order chi connectivity index (χ1) is 5.47. The summed E-state index contributed by atoms with van der Waals surface area (Å²) < 4.78 is 12.3. The second-order valence-electron chi connectivity index (χ2n) is 3.21. The second kappa shape index (κ2) is 3.19. The highest BCUT2D eigenvalue weighted by atomic mass is 19.1. The first-order valence-electron chi connectivity index (χ1n) is 3.67. The molecule has 3 heteroatoms. The van der Waals surface area contributed by atoms with E-state index in [2.05, 4.69) is 4.98 Å². The maximum atomic E-state index is 12.3. The van der Waals surface area contributed by atoms with Crippen LogP contribution in [-0.2, 0) is 0 Å². The van der Waals surface area contributed by atoms with E-state index in [1.807, 2.05) is 0 Å². The summed E-state index contributed by atoms with van der Waals surface area (Å²) in [6, 6.07) is 2.83. The van der Waals surface area contributed by atoms with Gasteiger partial charge in [0.1, 0.15) is 0 Å². The van der Waals surface area contributed by atoms with Crippen LogP contribution in [0.1, 0.15) is 19.4 Å². The van der Waals surface area contributed by atoms with E-state index in [4.69, 9.17) is 0 Å². The van der Waals surface area contributed by atoms with E-state index in [0.29, 0.717) is 5.56 Å². The summed E-state index contributed by atoms with van der Waals surface area (Å²) in [7, 11) is 0. The average Bonchev–Trinajstić information content (AvgIpc) is 1.91. The zero-order chi connectivity index (χ0) is 9.19. The fraction of sp³-hybridized carbons (Fsp3) is 0.333. The number of halogens is 1. The number of aromatic nitrogens is 1. The lowest BCUT2D eigenvalue weighted by Gasteiger charge is -2.15. The quantitative estimate of drug-likeness (QED) is 0.679. The number of rotatable bonds is 2. The standard InChI is InChI=1S/C9H11FNO/c1-9(2,12)5-7-3-4-8(10)11-6-7/h3-6,12H,1-2H3. The topological polar surface area (TPSA) is 33.1 Å². The minimum atomic E-state index is -0.889. The summed E-state index contributed by atoms with van der Waals surface area (Å²) >= 11 is 0. The van der Waals surface area contributed by atoms with Crippen molar-refractivity contribution in [3.63, 3.8) is 0 Å². The molecule has 0 aliphatic carbocycles. The van der Waals surface area contributed by atoms with Gasteiger partial charge < -0.3 is 5.11 Å². The van der Waals surface area contributed by atoms with E-state index in [1.54, 1.807) is 26.3 Å². The van der Waals surface area contributed by atoms with Gasteiger partial charge in [-0.1, -0.05) is 6.07 Å². The van der Waals surface area contributed by atoms with Gasteiger partial charge in [-0.15, -0.1) is 0 Å². The molecule has 0 saturated carbocycles. The van der Waals surface area contributed by atoms with Crippen LogP contribution in [0.3, 0.4) is 0 Å². The monoisotopic (exact) mass is 168 g/mol. The molecule has 0 aliphatic heterocycles. The Bertz CT molecular complexity index is 250. The maximum absolute atomic E-state index is 12.3. The second-order valence-corrected chi connectivity index (χ2v) is 3.21. The van der Waals surface area contributed by atoms with Crippen molar-refractivity contribution in [3.8, 4) is 0 Å². The van der Waals surface area contributed by atoms with Gasteiger partial charge >= 0.3 is 0 Å². The Morgan fingerprint density at radius 2 is 2.17 bits per heavy atom. The number of hydrogen-bond acceptors (Lipinski definition) is 2. The number of aliphatic hydroxyl groups is 1. The zero-order valence-electron chi connectivity index (χ0n) is 7.08. The summed E-state index contributed by atoms with van der Waals surface area (Å²) in [5, 5.41) is 9.36. The van der Waals surface area contributed by atoms with Gasteiger partial charge in [-0.05, 0) is 25.5 Å². The molecule has 0 bridgehead atoms. The molecule has 1 heterocycles. The molecule has 0 atom stereocenters. The van der Waals surface area contributed by atoms with E-state index in [0.717, 1.165) is 0 Å². The highest BCUT2D eigenvalue weighted by Crippen LogP contribution is 2.13. The smallest absolute Gasteiger partial charge is 0.212 e. The van der Waals surface area contributed by atoms with Crippen molar-refractivity contribution in [3.05, 3.63) is 36.3 Å². The van der Waals surface area contributed by atoms with Crippen LogP contribution in [-0.4, -0.2) is 15.7 Å². The SMILES string of the molecule is CC(C)(O)[CH]c1ccc(F)nc1. The molecule has 0 unspecified atom stereocenters. The van der Waals surface area contributed by atoms with Crippen LogP contribution in [0.4, 0.5) is 4.39 Å². The molecule has 1 aromatic heterocycles. The van der Waals surface area contributed by atoms with E-state index in [1.165, 1.54) is 12.3 Å². The van der Waals surface area contributed by atoms with Crippen LogP contribution in [0.25, 0.3) is 0 Å². The third-order valence-electron chi connectivity index (χ3n) is 1.27. The zero-order valence-corrected chi connectivity index (χ0v) is 7.08. The molecule has 1 aromatic rings. The van der Waals surface area contributed by atoms with Crippen LogP contribution < -0.4 is 0 Å². The van der Waals surface area contributed by atoms with Gasteiger partial charge in [0.15, 0.2) is 0 Å². The van der Waals surface area contributed by atoms with Crippen molar-refractivity contribution >= 4 is 0 Å². The molecule has 0 aliphatic rings. The molecule has 1 rings (SSSR count). The Morgan fingerprint density at radius 3 is 2.58 bits per heavy atom. The molecular formula is C9H11FNO. The summed E-state index contributed by atoms with van der Waals surface area (Å²) in [4.78, 5) is 3.45. The van der Waals surface area contributed by atoms with E-state index in [-0.39, 0.29) is 0 Å². The Hall–Kier alpha value is -0.960. The van der Waals surface area contributed by atoms with Gasteiger partial charge in [-0.3, -0.25) is 0 Å². The van der Waals surface area contributed by atoms with Gasteiger partial charge in [-0.25, -0.2) is 4.98 Å². The normalized spacial score (nSPS) is 11.7. The van der Waals surface area contributed by atoms with Crippen molar-refractivity contribution in [2.75, 3.05) is 0 Å². The highest BCUT2D eigenvalue weighted by Gasteiger charge is 2.13. The fourth-order valence-corrected chi connectivity index (χ4v) is 0.881. The lowest BCUT2D eigenvalue weighted by molar-refractivity contribution is 0.119. The lowest BCUT2D eigenvalue weighted by atomic mass is 10.0. The van der Waals surface area contributed by atoms with Crippen molar-refractivity contribution < 1.29 is 9.50 Å². The molecule has 0 fully saturated rings. The Labute approximate surface area is 71.1 Å². The third kappa shape index (κ3) is 2.96. The molecule has 1 radical (unpaired) electrons. The van der Waals surface area contributed by atoms with Crippen molar-refractivity contribution in [1.82, 2.24) is 4.98 Å². The molecular weight excluding hydrogens is 157 g/mol. The molecule has 0 amide bonds. The molecule has 0 saturated heterocycles. The predicted octanol–water partition coefficient (Wildman–Crippen LogP) is 1.54. The van der Waals surface area contributed by atoms with Gasteiger partial charge in [0.05, 0.1) is 5.60 Å². The van der Waals surface area contributed by atoms with Gasteiger partial charge in [-0.2, -0.15) is 4.39 Å². The first kappa shape index (κ1) is 9.13. The Balaban J connectivity index is 2.71. The van der Waals surface area contributed by atoms with Crippen LogP contribution in [0.15, 0.2) is 18.3 Å². The van der Waals surface area contributed by atoms with E-state index >= 15 is 0 Å². The summed E-state index contributed by atoms with van der Waals surface area (Å²) in [6.07, 6.45) is 2.99. The number of pyridine rings is 1. The minimum absolute atomic E-state index is 0.511. The fourth-order valence-electron chi connectivity index (χ4n) is 0.881. The third-order valence-corrected chi connectivity index (χ3v) is 1.27. The highest BCUT2D eigenvalue weighted by molar-refractivity contribution is 5.22. The molecule has 0 aromatic carbocycles. The molecule has 2 nitrogen and oxygen atoms in total. The van der Waals surface area contributed by atoms with Crippen LogP contribution in [0.5, 0.6) is 0 Å². The van der Waals surface area contributed by atoms with Gasteiger partial charge in [0, 0.05) is 12.6 Å². The molecule has 1 N–H and O–H groups in total. The van der Waals surface area contributed by atoms with Gasteiger partial charge in [0.2, 0.25) is 5.95 Å². The van der Waals surface area contributed by atoms with Crippen LogP contribution in [0, 0.1) is 12.4 Å². The first-order valence-corrected chi connectivity index (χ1v) is 3.67. The van der Waals surface area contributed by atoms with Crippen molar-refractivity contribution in [1.29, 1.82) is 0 Å². The summed E-state index contributed by atoms with van der Waals surface area (Å²) in [6.45, 7) is 3.30. The lowest BCUT2D eigenvalue weighted by Crippen LogP contribution is -2.19. The van der Waals surface area contributed by atoms with Crippen molar-refractivity contribution in [2.45, 2.75) is 19.4 Å². The van der Waals surface area contributed by atoms with Crippen LogP contribution >= 0.6 is 0 Å².